The first-order chi connectivity index (χ1) is 7.66. The van der Waals surface area contributed by atoms with Gasteiger partial charge in [0.05, 0.1) is 6.04 Å². The Morgan fingerprint density at radius 3 is 2.81 bits per heavy atom. The maximum atomic E-state index is 5.76. The summed E-state index contributed by atoms with van der Waals surface area (Å²) in [5, 5.41) is 3.42. The molecule has 0 spiro atoms. The number of aryl methyl sites for hydroxylation is 1. The fraction of sp³-hybridized carbons (Fsp3) is 0.692. The Morgan fingerprint density at radius 1 is 1.50 bits per heavy atom. The maximum absolute atomic E-state index is 5.76. The van der Waals surface area contributed by atoms with Gasteiger partial charge >= 0.3 is 0 Å². The van der Waals surface area contributed by atoms with Crippen molar-refractivity contribution in [3.8, 4) is 0 Å². The first-order valence-corrected chi connectivity index (χ1v) is 6.10. The van der Waals surface area contributed by atoms with Gasteiger partial charge in [0.25, 0.3) is 0 Å². The average molecular weight is 222 g/mol. The maximum Gasteiger partial charge on any atom is 0.121 e. The molecule has 1 aromatic heterocycles. The highest BCUT2D eigenvalue weighted by molar-refractivity contribution is 5.10. The quantitative estimate of drug-likeness (QED) is 0.846. The van der Waals surface area contributed by atoms with E-state index in [4.69, 9.17) is 4.42 Å². The number of rotatable bonds is 4. The third-order valence-electron chi connectivity index (χ3n) is 3.43. The smallest absolute Gasteiger partial charge is 0.121 e. The van der Waals surface area contributed by atoms with E-state index in [1.165, 1.54) is 19.4 Å². The van der Waals surface area contributed by atoms with Crippen LogP contribution in [0.15, 0.2) is 16.5 Å². The Balaban J connectivity index is 2.04. The molecule has 3 nitrogen and oxygen atoms in total. The second-order valence-electron chi connectivity index (χ2n) is 5.02. The van der Waals surface area contributed by atoms with Gasteiger partial charge in [-0.3, -0.25) is 4.90 Å². The SMILES string of the molecule is Cc1ccc(C(CC2CCNC2)N(C)C)o1. The number of hydrogen-bond donors (Lipinski definition) is 1. The molecule has 0 bridgehead atoms. The number of nitrogens with zero attached hydrogens (tertiary/aromatic N) is 1. The van der Waals surface area contributed by atoms with Gasteiger partial charge in [-0.1, -0.05) is 0 Å². The van der Waals surface area contributed by atoms with Crippen LogP contribution in [0.1, 0.15) is 30.4 Å². The van der Waals surface area contributed by atoms with E-state index in [1.807, 2.05) is 6.92 Å². The summed E-state index contributed by atoms with van der Waals surface area (Å²) in [6.45, 7) is 4.33. The highest BCUT2D eigenvalue weighted by atomic mass is 16.3. The van der Waals surface area contributed by atoms with E-state index < -0.39 is 0 Å². The summed E-state index contributed by atoms with van der Waals surface area (Å²) in [6, 6.07) is 4.58. The molecule has 16 heavy (non-hydrogen) atoms. The van der Waals surface area contributed by atoms with Crippen molar-refractivity contribution in [2.75, 3.05) is 27.2 Å². The molecule has 1 aromatic rings. The zero-order valence-corrected chi connectivity index (χ0v) is 10.5. The summed E-state index contributed by atoms with van der Waals surface area (Å²) < 4.78 is 5.76. The van der Waals surface area contributed by atoms with E-state index >= 15 is 0 Å². The molecule has 2 unspecified atom stereocenters. The van der Waals surface area contributed by atoms with Crippen LogP contribution in [0.4, 0.5) is 0 Å². The minimum Gasteiger partial charge on any atom is -0.465 e. The fourth-order valence-corrected chi connectivity index (χ4v) is 2.45. The molecular formula is C13H22N2O. The van der Waals surface area contributed by atoms with Crippen molar-refractivity contribution >= 4 is 0 Å². The van der Waals surface area contributed by atoms with Crippen LogP contribution in [0.3, 0.4) is 0 Å². The molecule has 0 amide bonds. The Kier molecular flexibility index (Phi) is 3.66. The van der Waals surface area contributed by atoms with Crippen LogP contribution in [-0.4, -0.2) is 32.1 Å². The molecule has 0 radical (unpaired) electrons. The van der Waals surface area contributed by atoms with Crippen LogP contribution in [0.2, 0.25) is 0 Å². The van der Waals surface area contributed by atoms with Gasteiger partial charge < -0.3 is 9.73 Å². The summed E-state index contributed by atoms with van der Waals surface area (Å²) in [5.41, 5.74) is 0. The largest absolute Gasteiger partial charge is 0.465 e. The third-order valence-corrected chi connectivity index (χ3v) is 3.43. The number of furan rings is 1. The van der Waals surface area contributed by atoms with Crippen molar-refractivity contribution in [2.24, 2.45) is 5.92 Å². The monoisotopic (exact) mass is 222 g/mol. The Morgan fingerprint density at radius 2 is 2.31 bits per heavy atom. The van der Waals surface area contributed by atoms with Crippen molar-refractivity contribution < 1.29 is 4.42 Å². The minimum atomic E-state index is 0.415. The van der Waals surface area contributed by atoms with E-state index in [0.717, 1.165) is 24.0 Å². The van der Waals surface area contributed by atoms with Gasteiger partial charge in [-0.2, -0.15) is 0 Å². The van der Waals surface area contributed by atoms with Gasteiger partial charge in [0.2, 0.25) is 0 Å². The summed E-state index contributed by atoms with van der Waals surface area (Å²) in [7, 11) is 4.26. The Hall–Kier alpha value is -0.800. The number of nitrogens with one attached hydrogen (secondary N) is 1. The molecule has 1 aliphatic heterocycles. The first-order valence-electron chi connectivity index (χ1n) is 6.10. The summed E-state index contributed by atoms with van der Waals surface area (Å²) in [4.78, 5) is 2.26. The Labute approximate surface area is 97.8 Å². The highest BCUT2D eigenvalue weighted by Crippen LogP contribution is 2.29. The first kappa shape index (κ1) is 11.7. The van der Waals surface area contributed by atoms with Crippen molar-refractivity contribution in [3.63, 3.8) is 0 Å². The van der Waals surface area contributed by atoms with Gasteiger partial charge in [-0.25, -0.2) is 0 Å². The van der Waals surface area contributed by atoms with Crippen molar-refractivity contribution in [1.29, 1.82) is 0 Å². The lowest BCUT2D eigenvalue weighted by atomic mass is 9.97. The molecule has 0 aliphatic carbocycles. The summed E-state index contributed by atoms with van der Waals surface area (Å²) in [6.07, 6.45) is 2.48. The Bertz CT molecular complexity index is 326. The molecule has 0 saturated carbocycles. The van der Waals surface area contributed by atoms with Gasteiger partial charge in [0.1, 0.15) is 11.5 Å². The molecule has 1 aliphatic rings. The normalized spacial score (nSPS) is 22.9. The van der Waals surface area contributed by atoms with Crippen LogP contribution in [-0.2, 0) is 0 Å². The van der Waals surface area contributed by atoms with Crippen molar-refractivity contribution in [2.45, 2.75) is 25.8 Å². The highest BCUT2D eigenvalue weighted by Gasteiger charge is 2.24. The fourth-order valence-electron chi connectivity index (χ4n) is 2.45. The van der Waals surface area contributed by atoms with E-state index in [-0.39, 0.29) is 0 Å². The van der Waals surface area contributed by atoms with Crippen LogP contribution in [0.25, 0.3) is 0 Å². The van der Waals surface area contributed by atoms with Gasteiger partial charge in [0.15, 0.2) is 0 Å². The van der Waals surface area contributed by atoms with Crippen LogP contribution in [0.5, 0.6) is 0 Å². The van der Waals surface area contributed by atoms with Crippen molar-refractivity contribution in [1.82, 2.24) is 10.2 Å². The summed E-state index contributed by atoms with van der Waals surface area (Å²) in [5.74, 6) is 2.90. The molecule has 2 atom stereocenters. The third kappa shape index (κ3) is 2.66. The zero-order valence-electron chi connectivity index (χ0n) is 10.5. The summed E-state index contributed by atoms with van der Waals surface area (Å²) >= 11 is 0. The minimum absolute atomic E-state index is 0.415. The number of hydrogen-bond acceptors (Lipinski definition) is 3. The van der Waals surface area contributed by atoms with E-state index in [2.05, 4.69) is 36.4 Å². The molecular weight excluding hydrogens is 200 g/mol. The van der Waals surface area contributed by atoms with Gasteiger partial charge in [-0.05, 0) is 65.0 Å². The average Bonchev–Trinajstić information content (AvgIpc) is 2.84. The lowest BCUT2D eigenvalue weighted by molar-refractivity contribution is 0.218. The second-order valence-corrected chi connectivity index (χ2v) is 5.02. The molecule has 1 saturated heterocycles. The predicted molar refractivity (Wildman–Crippen MR) is 65.5 cm³/mol. The lowest BCUT2D eigenvalue weighted by Gasteiger charge is -2.24. The molecule has 0 aromatic carbocycles. The molecule has 3 heteroatoms. The zero-order chi connectivity index (χ0) is 11.5. The van der Waals surface area contributed by atoms with E-state index in [1.54, 1.807) is 0 Å². The van der Waals surface area contributed by atoms with E-state index in [9.17, 15) is 0 Å². The van der Waals surface area contributed by atoms with Crippen LogP contribution >= 0.6 is 0 Å². The molecule has 1 N–H and O–H groups in total. The molecule has 2 rings (SSSR count). The molecule has 2 heterocycles. The van der Waals surface area contributed by atoms with Crippen LogP contribution < -0.4 is 5.32 Å². The van der Waals surface area contributed by atoms with Gasteiger partial charge in [-0.15, -0.1) is 0 Å². The van der Waals surface area contributed by atoms with Crippen LogP contribution in [0, 0.1) is 12.8 Å². The molecule has 1 fully saturated rings. The topological polar surface area (TPSA) is 28.4 Å². The van der Waals surface area contributed by atoms with Crippen molar-refractivity contribution in [3.05, 3.63) is 23.7 Å². The molecule has 90 valence electrons. The standard InChI is InChI=1S/C13H22N2O/c1-10-4-5-13(16-10)12(15(2)3)8-11-6-7-14-9-11/h4-5,11-12,14H,6-9H2,1-3H3. The second kappa shape index (κ2) is 5.02. The predicted octanol–water partition coefficient (Wildman–Crippen LogP) is 2.19. The van der Waals surface area contributed by atoms with Gasteiger partial charge in [0, 0.05) is 0 Å². The van der Waals surface area contributed by atoms with E-state index in [0.29, 0.717) is 6.04 Å². The lowest BCUT2D eigenvalue weighted by Crippen LogP contribution is -2.23.